The van der Waals surface area contributed by atoms with Gasteiger partial charge < -0.3 is 27.2 Å². The van der Waals surface area contributed by atoms with E-state index in [-0.39, 0.29) is 29.1 Å². The third-order valence-corrected chi connectivity index (χ3v) is 8.59. The van der Waals surface area contributed by atoms with E-state index in [1.54, 1.807) is 0 Å². The Balaban J connectivity index is 0.00000423. The third kappa shape index (κ3) is 9.64. The van der Waals surface area contributed by atoms with Crippen molar-refractivity contribution >= 4 is 16.9 Å². The molecule has 5 rings (SSSR count). The highest BCUT2D eigenvalue weighted by atomic mass is 79.9. The van der Waals surface area contributed by atoms with Crippen molar-refractivity contribution in [2.24, 2.45) is 0 Å². The fraction of sp³-hybridized carbons (Fsp3) is 0.405. The number of piperazine rings is 1. The maximum Gasteiger partial charge on any atom is 0.317 e. The van der Waals surface area contributed by atoms with Crippen molar-refractivity contribution < 1.29 is 26.3 Å². The minimum absolute atomic E-state index is 0. The number of nitrogens with zero attached hydrogens (tertiary/aromatic N) is 3. The molecule has 1 saturated heterocycles. The first-order chi connectivity index (χ1) is 20.8. The van der Waals surface area contributed by atoms with Crippen LogP contribution in [-0.2, 0) is 6.54 Å². The fourth-order valence-corrected chi connectivity index (χ4v) is 6.26. The number of para-hydroxylation sites is 1. The molecule has 3 aromatic carbocycles. The standard InChI is InChI=1S/C37H46N4O.BrH/c42-37(41-30-28-40(29-31-41)36(33-19-9-7-10-20-33)34-21-11-8-12-22-34)38-25-15-5-3-1-2-4-6-16-26-39-27-17-23-32-18-13-14-24-35(32)39;/h7-14,17-24,27,36H,1-6,15-16,25-26,28-31H2;1H. The summed E-state index contributed by atoms with van der Waals surface area (Å²) in [5, 5.41) is 4.49. The number of pyridine rings is 1. The van der Waals surface area contributed by atoms with Crippen LogP contribution in [0.4, 0.5) is 4.79 Å². The number of halogens is 1. The van der Waals surface area contributed by atoms with E-state index in [1.165, 1.54) is 67.0 Å². The lowest BCUT2D eigenvalue weighted by atomic mass is 9.96. The molecule has 6 heteroatoms. The van der Waals surface area contributed by atoms with Gasteiger partial charge >= 0.3 is 6.03 Å². The third-order valence-electron chi connectivity index (χ3n) is 8.59. The maximum atomic E-state index is 12.8. The van der Waals surface area contributed by atoms with Gasteiger partial charge in [-0.1, -0.05) is 105 Å². The van der Waals surface area contributed by atoms with Gasteiger partial charge in [0.25, 0.3) is 0 Å². The Morgan fingerprint density at radius 2 is 1.19 bits per heavy atom. The number of fused-ring (bicyclic) bond motifs is 1. The van der Waals surface area contributed by atoms with Crippen LogP contribution in [0.15, 0.2) is 103 Å². The summed E-state index contributed by atoms with van der Waals surface area (Å²) >= 11 is 0. The quantitative estimate of drug-likeness (QED) is 0.164. The van der Waals surface area contributed by atoms with Crippen LogP contribution in [0, 0.1) is 0 Å². The zero-order valence-electron chi connectivity index (χ0n) is 25.4. The van der Waals surface area contributed by atoms with Crippen molar-refractivity contribution in [1.82, 2.24) is 15.1 Å². The predicted octanol–water partition coefficient (Wildman–Crippen LogP) is 4.37. The molecule has 1 N–H and O–H groups in total. The molecular formula is C37H47BrN4O. The second-order valence-corrected chi connectivity index (χ2v) is 11.6. The molecule has 43 heavy (non-hydrogen) atoms. The van der Waals surface area contributed by atoms with E-state index in [4.69, 9.17) is 0 Å². The number of hydrogen-bond acceptors (Lipinski definition) is 2. The van der Waals surface area contributed by atoms with Crippen LogP contribution < -0.4 is 26.9 Å². The van der Waals surface area contributed by atoms with Crippen LogP contribution in [-0.4, -0.2) is 48.6 Å². The van der Waals surface area contributed by atoms with Crippen LogP contribution in [0.5, 0.6) is 0 Å². The number of aromatic nitrogens is 1. The molecule has 1 aromatic heterocycles. The van der Waals surface area contributed by atoms with Crippen LogP contribution in [0.3, 0.4) is 0 Å². The first kappa shape index (κ1) is 32.7. The van der Waals surface area contributed by atoms with Gasteiger partial charge in [-0.15, -0.1) is 0 Å². The van der Waals surface area contributed by atoms with E-state index in [2.05, 4.69) is 118 Å². The Morgan fingerprint density at radius 3 is 1.84 bits per heavy atom. The summed E-state index contributed by atoms with van der Waals surface area (Å²) in [7, 11) is 0. The summed E-state index contributed by atoms with van der Waals surface area (Å²) in [6, 6.07) is 34.7. The second kappa shape index (κ2) is 17.8. The highest BCUT2D eigenvalue weighted by Gasteiger charge is 2.28. The van der Waals surface area contributed by atoms with E-state index in [0.717, 1.165) is 45.7 Å². The largest absolute Gasteiger partial charge is 1.00 e. The van der Waals surface area contributed by atoms with Gasteiger partial charge in [-0.2, -0.15) is 4.57 Å². The van der Waals surface area contributed by atoms with E-state index < -0.39 is 0 Å². The Bertz CT molecular complexity index is 1310. The number of carbonyl (C=O) groups is 1. The summed E-state index contributed by atoms with van der Waals surface area (Å²) in [6.45, 7) is 5.15. The monoisotopic (exact) mass is 642 g/mol. The highest BCUT2D eigenvalue weighted by Crippen LogP contribution is 2.29. The lowest BCUT2D eigenvalue weighted by Crippen LogP contribution is -3.00. The van der Waals surface area contributed by atoms with Crippen molar-refractivity contribution in [2.45, 2.75) is 64.0 Å². The first-order valence-electron chi connectivity index (χ1n) is 16.0. The smallest absolute Gasteiger partial charge is 0.317 e. The zero-order valence-corrected chi connectivity index (χ0v) is 27.0. The second-order valence-electron chi connectivity index (χ2n) is 11.6. The number of urea groups is 1. The SMILES string of the molecule is O=C(NCCCCCCCCCC[n+]1cccc2ccccc21)N1CCN(C(c2ccccc2)c2ccccc2)CC1.[Br-]. The molecule has 2 amide bonds. The molecule has 0 unspecified atom stereocenters. The van der Waals surface area contributed by atoms with E-state index in [9.17, 15) is 4.79 Å². The Labute approximate surface area is 268 Å². The van der Waals surface area contributed by atoms with E-state index in [1.807, 2.05) is 4.90 Å². The molecular weight excluding hydrogens is 596 g/mol. The summed E-state index contributed by atoms with van der Waals surface area (Å²) in [5.41, 5.74) is 3.94. The molecule has 1 fully saturated rings. The average molecular weight is 644 g/mol. The summed E-state index contributed by atoms with van der Waals surface area (Å²) in [6.07, 6.45) is 12.1. The normalized spacial score (nSPS) is 13.7. The van der Waals surface area contributed by atoms with Crippen LogP contribution >= 0.6 is 0 Å². The molecule has 5 nitrogen and oxygen atoms in total. The molecule has 1 aliphatic rings. The number of carbonyl (C=O) groups excluding carboxylic acids is 1. The molecule has 0 spiro atoms. The van der Waals surface area contributed by atoms with Crippen LogP contribution in [0.25, 0.3) is 10.9 Å². The average Bonchev–Trinajstić information content (AvgIpc) is 3.05. The Morgan fingerprint density at radius 1 is 0.651 bits per heavy atom. The highest BCUT2D eigenvalue weighted by molar-refractivity contribution is 5.75. The molecule has 0 saturated carbocycles. The summed E-state index contributed by atoms with van der Waals surface area (Å²) in [5.74, 6) is 0. The van der Waals surface area contributed by atoms with E-state index >= 15 is 0 Å². The van der Waals surface area contributed by atoms with Gasteiger partial charge in [-0.25, -0.2) is 4.79 Å². The summed E-state index contributed by atoms with van der Waals surface area (Å²) < 4.78 is 2.38. The van der Waals surface area contributed by atoms with Crippen LogP contribution in [0.1, 0.15) is 68.5 Å². The van der Waals surface area contributed by atoms with Crippen molar-refractivity contribution in [3.8, 4) is 0 Å². The van der Waals surface area contributed by atoms with Gasteiger partial charge in [-0.05, 0) is 36.1 Å². The number of unbranched alkanes of at least 4 members (excludes halogenated alkanes) is 7. The molecule has 0 aliphatic carbocycles. The minimum atomic E-state index is 0. The molecule has 0 atom stereocenters. The summed E-state index contributed by atoms with van der Waals surface area (Å²) in [4.78, 5) is 17.3. The van der Waals surface area contributed by atoms with Crippen molar-refractivity contribution in [2.75, 3.05) is 32.7 Å². The maximum absolute atomic E-state index is 12.8. The van der Waals surface area contributed by atoms with Crippen LogP contribution in [0.2, 0.25) is 0 Å². The number of rotatable bonds is 14. The van der Waals surface area contributed by atoms with Gasteiger partial charge in [0.15, 0.2) is 6.20 Å². The van der Waals surface area contributed by atoms with Gasteiger partial charge in [-0.3, -0.25) is 4.90 Å². The first-order valence-corrected chi connectivity index (χ1v) is 16.0. The lowest BCUT2D eigenvalue weighted by Gasteiger charge is -2.39. The lowest BCUT2D eigenvalue weighted by molar-refractivity contribution is -0.671. The van der Waals surface area contributed by atoms with Crippen molar-refractivity contribution in [3.05, 3.63) is 114 Å². The number of benzene rings is 3. The molecule has 0 radical (unpaired) electrons. The molecule has 228 valence electrons. The van der Waals surface area contributed by atoms with Crippen molar-refractivity contribution in [1.29, 1.82) is 0 Å². The Hall–Kier alpha value is -3.22. The molecule has 0 bridgehead atoms. The van der Waals surface area contributed by atoms with Crippen molar-refractivity contribution in [3.63, 3.8) is 0 Å². The zero-order chi connectivity index (χ0) is 28.8. The molecule has 1 aliphatic heterocycles. The van der Waals surface area contributed by atoms with Gasteiger partial charge in [0.2, 0.25) is 5.52 Å². The molecule has 4 aromatic rings. The topological polar surface area (TPSA) is 39.5 Å². The number of amides is 2. The predicted molar refractivity (Wildman–Crippen MR) is 172 cm³/mol. The minimum Gasteiger partial charge on any atom is -1.00 e. The number of hydrogen-bond donors (Lipinski definition) is 1. The fourth-order valence-electron chi connectivity index (χ4n) is 6.26. The van der Waals surface area contributed by atoms with Gasteiger partial charge in [0, 0.05) is 56.7 Å². The van der Waals surface area contributed by atoms with Gasteiger partial charge in [0.1, 0.15) is 6.54 Å². The van der Waals surface area contributed by atoms with Gasteiger partial charge in [0.05, 0.1) is 6.04 Å². The van der Waals surface area contributed by atoms with E-state index in [0.29, 0.717) is 0 Å². The number of aryl methyl sites for hydroxylation is 1. The molecule has 2 heterocycles. The number of nitrogens with one attached hydrogen (secondary N) is 1. The Kier molecular flexibility index (Phi) is 13.5.